The second-order valence-electron chi connectivity index (χ2n) is 5.20. The predicted octanol–water partition coefficient (Wildman–Crippen LogP) is 2.86. The van der Waals surface area contributed by atoms with Crippen molar-refractivity contribution in [3.63, 3.8) is 0 Å². The highest BCUT2D eigenvalue weighted by atomic mass is 35.5. The van der Waals surface area contributed by atoms with E-state index in [-0.39, 0.29) is 5.84 Å². The summed E-state index contributed by atoms with van der Waals surface area (Å²) in [5.74, 6) is 0.837. The van der Waals surface area contributed by atoms with E-state index in [4.69, 9.17) is 22.7 Å². The lowest BCUT2D eigenvalue weighted by molar-refractivity contribution is 0.176. The molecule has 0 radical (unpaired) electrons. The molecular weight excluding hydrogens is 246 g/mol. The van der Waals surface area contributed by atoms with Crippen molar-refractivity contribution in [2.75, 3.05) is 13.1 Å². The van der Waals surface area contributed by atoms with Crippen LogP contribution in [0, 0.1) is 11.3 Å². The minimum Gasteiger partial charge on any atom is -0.384 e. The van der Waals surface area contributed by atoms with E-state index < -0.39 is 0 Å². The SMILES string of the molecule is CC1CCCN(Cc2ccc(C(=N)N)cc2Cl)C1. The molecule has 1 saturated heterocycles. The second kappa shape index (κ2) is 5.72. The van der Waals surface area contributed by atoms with E-state index in [0.717, 1.165) is 31.1 Å². The molecule has 0 saturated carbocycles. The van der Waals surface area contributed by atoms with E-state index in [1.807, 2.05) is 12.1 Å². The van der Waals surface area contributed by atoms with Gasteiger partial charge >= 0.3 is 0 Å². The van der Waals surface area contributed by atoms with Crippen LogP contribution in [0.3, 0.4) is 0 Å². The largest absolute Gasteiger partial charge is 0.384 e. The van der Waals surface area contributed by atoms with Gasteiger partial charge in [0.1, 0.15) is 5.84 Å². The van der Waals surface area contributed by atoms with Crippen molar-refractivity contribution >= 4 is 17.4 Å². The number of piperidine rings is 1. The van der Waals surface area contributed by atoms with Crippen molar-refractivity contribution in [2.24, 2.45) is 11.7 Å². The average Bonchev–Trinajstić information content (AvgIpc) is 2.31. The number of halogens is 1. The Balaban J connectivity index is 2.07. The van der Waals surface area contributed by atoms with Crippen molar-refractivity contribution in [1.82, 2.24) is 4.90 Å². The molecule has 1 fully saturated rings. The number of nitrogens with one attached hydrogen (secondary N) is 1. The van der Waals surface area contributed by atoms with Gasteiger partial charge in [-0.05, 0) is 36.9 Å². The Morgan fingerprint density at radius 2 is 2.33 bits per heavy atom. The van der Waals surface area contributed by atoms with Gasteiger partial charge in [-0.15, -0.1) is 0 Å². The van der Waals surface area contributed by atoms with E-state index >= 15 is 0 Å². The van der Waals surface area contributed by atoms with Gasteiger partial charge in [-0.2, -0.15) is 0 Å². The molecule has 2 rings (SSSR count). The molecule has 1 aliphatic heterocycles. The van der Waals surface area contributed by atoms with Crippen LogP contribution in [0.4, 0.5) is 0 Å². The number of benzene rings is 1. The molecule has 0 aromatic heterocycles. The molecule has 3 N–H and O–H groups in total. The summed E-state index contributed by atoms with van der Waals surface area (Å²) in [5.41, 5.74) is 7.26. The summed E-state index contributed by atoms with van der Waals surface area (Å²) in [6.45, 7) is 5.48. The van der Waals surface area contributed by atoms with E-state index in [9.17, 15) is 0 Å². The number of hydrogen-bond donors (Lipinski definition) is 2. The zero-order valence-corrected chi connectivity index (χ0v) is 11.5. The molecule has 1 unspecified atom stereocenters. The molecule has 0 aliphatic carbocycles. The fraction of sp³-hybridized carbons (Fsp3) is 0.500. The predicted molar refractivity (Wildman–Crippen MR) is 76.1 cm³/mol. The highest BCUT2D eigenvalue weighted by Gasteiger charge is 2.17. The smallest absolute Gasteiger partial charge is 0.122 e. The Labute approximate surface area is 113 Å². The van der Waals surface area contributed by atoms with Crippen LogP contribution in [-0.4, -0.2) is 23.8 Å². The number of rotatable bonds is 3. The summed E-state index contributed by atoms with van der Waals surface area (Å²) < 4.78 is 0. The first-order valence-corrected chi connectivity index (χ1v) is 6.79. The van der Waals surface area contributed by atoms with Crippen LogP contribution in [0.25, 0.3) is 0 Å². The van der Waals surface area contributed by atoms with Crippen LogP contribution in [0.15, 0.2) is 18.2 Å². The van der Waals surface area contributed by atoms with E-state index in [1.54, 1.807) is 6.07 Å². The maximum atomic E-state index is 7.39. The van der Waals surface area contributed by atoms with Crippen molar-refractivity contribution < 1.29 is 0 Å². The standard InChI is InChI=1S/C14H20ClN3/c1-10-3-2-6-18(8-10)9-12-5-4-11(14(16)17)7-13(12)15/h4-5,7,10H,2-3,6,8-9H2,1H3,(H3,16,17). The molecule has 98 valence electrons. The van der Waals surface area contributed by atoms with Crippen LogP contribution >= 0.6 is 11.6 Å². The molecular formula is C14H20ClN3. The third kappa shape index (κ3) is 3.24. The summed E-state index contributed by atoms with van der Waals surface area (Å²) in [4.78, 5) is 2.45. The lowest BCUT2D eigenvalue weighted by Gasteiger charge is -2.31. The van der Waals surface area contributed by atoms with Crippen LogP contribution in [-0.2, 0) is 6.54 Å². The zero-order valence-electron chi connectivity index (χ0n) is 10.7. The quantitative estimate of drug-likeness (QED) is 0.652. The summed E-state index contributed by atoms with van der Waals surface area (Å²) in [7, 11) is 0. The third-order valence-corrected chi connectivity index (χ3v) is 3.85. The van der Waals surface area contributed by atoms with Gasteiger partial charge in [0.05, 0.1) is 0 Å². The molecule has 1 aromatic rings. The summed E-state index contributed by atoms with van der Waals surface area (Å²) in [6, 6.07) is 5.64. The summed E-state index contributed by atoms with van der Waals surface area (Å²) in [5, 5.41) is 8.10. The molecule has 0 bridgehead atoms. The topological polar surface area (TPSA) is 53.1 Å². The van der Waals surface area contributed by atoms with Crippen molar-refractivity contribution in [3.05, 3.63) is 34.3 Å². The normalized spacial score (nSPS) is 20.9. The van der Waals surface area contributed by atoms with Crippen molar-refractivity contribution in [1.29, 1.82) is 5.41 Å². The average molecular weight is 266 g/mol. The summed E-state index contributed by atoms with van der Waals surface area (Å²) >= 11 is 6.25. The Hall–Kier alpha value is -1.06. The Morgan fingerprint density at radius 3 is 2.94 bits per heavy atom. The number of nitrogens with two attached hydrogens (primary N) is 1. The van der Waals surface area contributed by atoms with Gasteiger partial charge < -0.3 is 5.73 Å². The third-order valence-electron chi connectivity index (χ3n) is 3.50. The van der Waals surface area contributed by atoms with Gasteiger partial charge in [0.25, 0.3) is 0 Å². The number of likely N-dealkylation sites (tertiary alicyclic amines) is 1. The molecule has 18 heavy (non-hydrogen) atoms. The number of amidine groups is 1. The van der Waals surface area contributed by atoms with Gasteiger partial charge in [0, 0.05) is 23.7 Å². The zero-order chi connectivity index (χ0) is 13.1. The minimum absolute atomic E-state index is 0.0649. The maximum Gasteiger partial charge on any atom is 0.122 e. The Bertz CT molecular complexity index is 445. The van der Waals surface area contributed by atoms with Crippen molar-refractivity contribution in [3.8, 4) is 0 Å². The number of nitrogens with zero attached hydrogens (tertiary/aromatic N) is 1. The van der Waals surface area contributed by atoms with Crippen LogP contribution in [0.2, 0.25) is 5.02 Å². The Morgan fingerprint density at radius 1 is 1.56 bits per heavy atom. The molecule has 3 nitrogen and oxygen atoms in total. The number of nitrogen functional groups attached to an aromatic ring is 1. The van der Waals surface area contributed by atoms with Gasteiger partial charge in [0.15, 0.2) is 0 Å². The number of hydrogen-bond acceptors (Lipinski definition) is 2. The minimum atomic E-state index is 0.0649. The van der Waals surface area contributed by atoms with E-state index in [2.05, 4.69) is 11.8 Å². The Kier molecular flexibility index (Phi) is 4.25. The molecule has 0 amide bonds. The highest BCUT2D eigenvalue weighted by Crippen LogP contribution is 2.23. The van der Waals surface area contributed by atoms with Crippen LogP contribution in [0.1, 0.15) is 30.9 Å². The lowest BCUT2D eigenvalue weighted by Crippen LogP contribution is -2.33. The molecule has 1 atom stereocenters. The lowest BCUT2D eigenvalue weighted by atomic mass is 9.99. The van der Waals surface area contributed by atoms with Gasteiger partial charge in [-0.25, -0.2) is 0 Å². The second-order valence-corrected chi connectivity index (χ2v) is 5.61. The van der Waals surface area contributed by atoms with E-state index in [1.165, 1.54) is 12.8 Å². The molecule has 1 heterocycles. The molecule has 4 heteroatoms. The first-order valence-electron chi connectivity index (χ1n) is 6.41. The van der Waals surface area contributed by atoms with Gasteiger partial charge in [-0.1, -0.05) is 30.7 Å². The van der Waals surface area contributed by atoms with E-state index in [0.29, 0.717) is 10.6 Å². The fourth-order valence-electron chi connectivity index (χ4n) is 2.51. The summed E-state index contributed by atoms with van der Waals surface area (Å²) in [6.07, 6.45) is 2.60. The molecule has 1 aliphatic rings. The molecule has 1 aromatic carbocycles. The van der Waals surface area contributed by atoms with Gasteiger partial charge in [-0.3, -0.25) is 10.3 Å². The fourth-order valence-corrected chi connectivity index (χ4v) is 2.75. The highest BCUT2D eigenvalue weighted by molar-refractivity contribution is 6.31. The molecule has 0 spiro atoms. The first-order chi connectivity index (χ1) is 8.56. The van der Waals surface area contributed by atoms with Crippen LogP contribution < -0.4 is 5.73 Å². The van der Waals surface area contributed by atoms with Crippen molar-refractivity contribution in [2.45, 2.75) is 26.3 Å². The monoisotopic (exact) mass is 265 g/mol. The maximum absolute atomic E-state index is 7.39. The van der Waals surface area contributed by atoms with Gasteiger partial charge in [0.2, 0.25) is 0 Å². The van der Waals surface area contributed by atoms with Crippen LogP contribution in [0.5, 0.6) is 0 Å². The first kappa shape index (κ1) is 13.4.